The molecule has 0 radical (unpaired) electrons. The molecule has 18 heavy (non-hydrogen) atoms. The van der Waals surface area contributed by atoms with Crippen LogP contribution in [0.4, 0.5) is 5.00 Å². The van der Waals surface area contributed by atoms with E-state index in [1.54, 1.807) is 0 Å². The lowest BCUT2D eigenvalue weighted by atomic mass is 9.53. The van der Waals surface area contributed by atoms with Gasteiger partial charge in [0.1, 0.15) is 11.1 Å². The highest BCUT2D eigenvalue weighted by Crippen LogP contribution is 2.56. The molecule has 0 amide bonds. The van der Waals surface area contributed by atoms with E-state index in [2.05, 4.69) is 21.0 Å². The summed E-state index contributed by atoms with van der Waals surface area (Å²) in [6.07, 6.45) is 8.15. The Morgan fingerprint density at radius 2 is 1.78 bits per heavy atom. The van der Waals surface area contributed by atoms with Gasteiger partial charge in [-0.1, -0.05) is 4.49 Å². The minimum atomic E-state index is 0.245. The van der Waals surface area contributed by atoms with Gasteiger partial charge >= 0.3 is 0 Å². The molecule has 5 rings (SSSR count). The molecule has 4 nitrogen and oxygen atoms in total. The minimum absolute atomic E-state index is 0.245. The van der Waals surface area contributed by atoms with Crippen molar-refractivity contribution < 1.29 is 0 Å². The number of hydrogen-bond acceptors (Lipinski definition) is 5. The van der Waals surface area contributed by atoms with Gasteiger partial charge in [-0.15, -0.1) is 5.10 Å². The number of rotatable bonds is 2. The number of hydrogen-bond donors (Lipinski definition) is 1. The zero-order valence-electron chi connectivity index (χ0n) is 10.2. The molecule has 4 aliphatic rings. The maximum absolute atomic E-state index is 9.03. The highest BCUT2D eigenvalue weighted by molar-refractivity contribution is 7.10. The third-order valence-corrected chi connectivity index (χ3v) is 5.65. The fourth-order valence-corrected chi connectivity index (χ4v) is 5.49. The normalized spacial score (nSPS) is 40.7. The van der Waals surface area contributed by atoms with Crippen LogP contribution in [0.25, 0.3) is 0 Å². The molecule has 94 valence electrons. The number of nitrogens with zero attached hydrogens (tertiary/aromatic N) is 3. The van der Waals surface area contributed by atoms with Gasteiger partial charge in [0.05, 0.1) is 0 Å². The summed E-state index contributed by atoms with van der Waals surface area (Å²) in [5.41, 5.74) is 0.713. The van der Waals surface area contributed by atoms with E-state index in [0.717, 1.165) is 22.8 Å². The van der Waals surface area contributed by atoms with Gasteiger partial charge in [0.25, 0.3) is 0 Å². The fourth-order valence-electron chi connectivity index (χ4n) is 4.85. The number of nitriles is 1. The van der Waals surface area contributed by atoms with Crippen molar-refractivity contribution in [3.05, 3.63) is 5.69 Å². The summed E-state index contributed by atoms with van der Waals surface area (Å²) < 4.78 is 3.90. The van der Waals surface area contributed by atoms with Crippen LogP contribution < -0.4 is 5.32 Å². The largest absolute Gasteiger partial charge is 0.368 e. The smallest absolute Gasteiger partial charge is 0.199 e. The summed E-state index contributed by atoms with van der Waals surface area (Å²) in [6, 6.07) is 2.13. The van der Waals surface area contributed by atoms with Crippen LogP contribution in [0.2, 0.25) is 0 Å². The second-order valence-corrected chi connectivity index (χ2v) is 7.14. The zero-order chi connectivity index (χ0) is 12.2. The summed E-state index contributed by atoms with van der Waals surface area (Å²) in [5.74, 6) is 2.74. The number of nitrogens with one attached hydrogen (secondary N) is 1. The molecule has 4 aliphatic carbocycles. The van der Waals surface area contributed by atoms with E-state index in [0.29, 0.717) is 5.69 Å². The molecule has 0 saturated heterocycles. The average Bonchev–Trinajstić information content (AvgIpc) is 2.73. The maximum atomic E-state index is 9.03. The van der Waals surface area contributed by atoms with Crippen LogP contribution in [0, 0.1) is 29.1 Å². The van der Waals surface area contributed by atoms with Crippen LogP contribution in [0.5, 0.6) is 0 Å². The quantitative estimate of drug-likeness (QED) is 0.888. The second kappa shape index (κ2) is 3.67. The van der Waals surface area contributed by atoms with Crippen molar-refractivity contribution in [2.24, 2.45) is 17.8 Å². The van der Waals surface area contributed by atoms with Gasteiger partial charge in [-0.3, -0.25) is 0 Å². The number of aromatic nitrogens is 2. The monoisotopic (exact) mass is 260 g/mol. The SMILES string of the molecule is N#Cc1nnsc1NC12CC3CC(CC(C3)C1)C2. The van der Waals surface area contributed by atoms with Gasteiger partial charge in [0, 0.05) is 17.1 Å². The van der Waals surface area contributed by atoms with E-state index in [-0.39, 0.29) is 5.54 Å². The van der Waals surface area contributed by atoms with Gasteiger partial charge < -0.3 is 5.32 Å². The van der Waals surface area contributed by atoms with Crippen LogP contribution in [0.15, 0.2) is 0 Å². The molecule has 0 unspecified atom stereocenters. The molecule has 4 fully saturated rings. The fraction of sp³-hybridized carbons (Fsp3) is 0.769. The molecule has 0 spiro atoms. The second-order valence-electron chi connectivity index (χ2n) is 6.39. The van der Waals surface area contributed by atoms with Gasteiger partial charge in [-0.25, -0.2) is 0 Å². The van der Waals surface area contributed by atoms with Crippen LogP contribution in [-0.2, 0) is 0 Å². The Morgan fingerprint density at radius 1 is 1.17 bits per heavy atom. The van der Waals surface area contributed by atoms with Gasteiger partial charge in [-0.2, -0.15) is 5.26 Å². The maximum Gasteiger partial charge on any atom is 0.199 e. The Hall–Kier alpha value is -1.15. The van der Waals surface area contributed by atoms with Crippen molar-refractivity contribution in [1.82, 2.24) is 9.59 Å². The Bertz CT molecular complexity index is 480. The van der Waals surface area contributed by atoms with Crippen molar-refractivity contribution in [2.75, 3.05) is 5.32 Å². The molecule has 0 atom stereocenters. The first kappa shape index (κ1) is 10.7. The topological polar surface area (TPSA) is 61.6 Å². The molecular formula is C13H16N4S. The molecule has 1 N–H and O–H groups in total. The molecule has 1 aromatic heterocycles. The summed E-state index contributed by atoms with van der Waals surface area (Å²) in [6.45, 7) is 0. The van der Waals surface area contributed by atoms with Crippen molar-refractivity contribution in [3.63, 3.8) is 0 Å². The lowest BCUT2D eigenvalue weighted by Crippen LogP contribution is -2.54. The lowest BCUT2D eigenvalue weighted by Gasteiger charge is -2.57. The van der Waals surface area contributed by atoms with E-state index in [1.807, 2.05) is 0 Å². The first-order valence-corrected chi connectivity index (χ1v) is 7.54. The molecule has 4 saturated carbocycles. The third kappa shape index (κ3) is 1.55. The van der Waals surface area contributed by atoms with E-state index >= 15 is 0 Å². The van der Waals surface area contributed by atoms with E-state index < -0.39 is 0 Å². The first-order valence-electron chi connectivity index (χ1n) is 6.77. The molecule has 4 bridgehead atoms. The van der Waals surface area contributed by atoms with E-state index in [4.69, 9.17) is 5.26 Å². The molecule has 1 heterocycles. The van der Waals surface area contributed by atoms with E-state index in [1.165, 1.54) is 50.1 Å². The Labute approximate surface area is 111 Å². The Kier molecular flexibility index (Phi) is 2.19. The lowest BCUT2D eigenvalue weighted by molar-refractivity contribution is 0.0108. The van der Waals surface area contributed by atoms with Gasteiger partial charge in [0.15, 0.2) is 5.69 Å². The highest BCUT2D eigenvalue weighted by atomic mass is 32.1. The molecular weight excluding hydrogens is 244 g/mol. The third-order valence-electron chi connectivity index (χ3n) is 5.01. The minimum Gasteiger partial charge on any atom is -0.368 e. The van der Waals surface area contributed by atoms with Crippen molar-refractivity contribution >= 4 is 16.5 Å². The summed E-state index contributed by atoms with van der Waals surface area (Å²) >= 11 is 1.33. The predicted octanol–water partition coefficient (Wildman–Crippen LogP) is 2.79. The first-order chi connectivity index (χ1) is 8.76. The molecule has 1 aromatic rings. The van der Waals surface area contributed by atoms with Gasteiger partial charge in [-0.05, 0) is 56.3 Å². The van der Waals surface area contributed by atoms with Crippen molar-refractivity contribution in [3.8, 4) is 6.07 Å². The average molecular weight is 260 g/mol. The highest BCUT2D eigenvalue weighted by Gasteiger charge is 2.51. The molecule has 0 aliphatic heterocycles. The Morgan fingerprint density at radius 3 is 2.33 bits per heavy atom. The number of anilines is 1. The summed E-state index contributed by atoms with van der Waals surface area (Å²) in [5, 5.41) is 17.5. The van der Waals surface area contributed by atoms with E-state index in [9.17, 15) is 0 Å². The standard InChI is InChI=1S/C13H16N4S/c14-7-11-12(18-17-16-11)15-13-4-8-1-9(5-13)3-10(2-8)6-13/h8-10,15H,1-6H2. The van der Waals surface area contributed by atoms with Crippen LogP contribution in [0.1, 0.15) is 44.2 Å². The van der Waals surface area contributed by atoms with Gasteiger partial charge in [0.2, 0.25) is 0 Å². The molecule has 0 aromatic carbocycles. The Balaban J connectivity index is 1.63. The van der Waals surface area contributed by atoms with Crippen molar-refractivity contribution in [1.29, 1.82) is 5.26 Å². The molecule has 5 heteroatoms. The van der Waals surface area contributed by atoms with Crippen molar-refractivity contribution in [2.45, 2.75) is 44.1 Å². The summed E-state index contributed by atoms with van der Waals surface area (Å²) in [7, 11) is 0. The van der Waals surface area contributed by atoms with Crippen LogP contribution in [-0.4, -0.2) is 15.1 Å². The summed E-state index contributed by atoms with van der Waals surface area (Å²) in [4.78, 5) is 0. The van der Waals surface area contributed by atoms with Crippen LogP contribution in [0.3, 0.4) is 0 Å². The van der Waals surface area contributed by atoms with Crippen LogP contribution >= 0.6 is 11.5 Å². The predicted molar refractivity (Wildman–Crippen MR) is 69.1 cm³/mol. The zero-order valence-corrected chi connectivity index (χ0v) is 11.0.